The molecule has 5 nitrogen and oxygen atoms in total. The average Bonchev–Trinajstić information content (AvgIpc) is 3.48. The maximum Gasteiger partial charge on any atom is 0.191 e. The second-order valence-electron chi connectivity index (χ2n) is 7.75. The van der Waals surface area contributed by atoms with Gasteiger partial charge in [-0.05, 0) is 51.9 Å². The van der Waals surface area contributed by atoms with Crippen molar-refractivity contribution in [2.45, 2.75) is 43.8 Å². The zero-order chi connectivity index (χ0) is 19.4. The lowest BCUT2D eigenvalue weighted by Gasteiger charge is -2.33. The summed E-state index contributed by atoms with van der Waals surface area (Å²) in [7, 11) is 5.37. The molecule has 2 N–H and O–H groups in total. The Morgan fingerprint density at radius 1 is 1.18 bits per heavy atom. The Balaban J connectivity index is 0.00000280. The molecule has 2 aliphatic rings. The molecule has 0 spiro atoms. The molecule has 1 aromatic carbocycles. The molecule has 1 unspecified atom stereocenters. The quantitative estimate of drug-likeness (QED) is 0.353. The van der Waals surface area contributed by atoms with Gasteiger partial charge < -0.3 is 20.4 Å². The molecule has 0 radical (unpaired) electrons. The molecule has 8 heteroatoms. The van der Waals surface area contributed by atoms with Crippen LogP contribution in [0.5, 0.6) is 0 Å². The van der Waals surface area contributed by atoms with Crippen molar-refractivity contribution in [1.82, 2.24) is 20.4 Å². The van der Waals surface area contributed by atoms with Crippen molar-refractivity contribution in [2.75, 3.05) is 40.8 Å². The number of likely N-dealkylation sites (tertiary alicyclic amines) is 1. The van der Waals surface area contributed by atoms with Gasteiger partial charge in [0, 0.05) is 44.3 Å². The number of halogens is 3. The van der Waals surface area contributed by atoms with Gasteiger partial charge in [0.2, 0.25) is 0 Å². The van der Waals surface area contributed by atoms with Gasteiger partial charge in [0.15, 0.2) is 5.96 Å². The molecule has 1 saturated carbocycles. The first-order valence-corrected chi connectivity index (χ1v) is 9.81. The lowest BCUT2D eigenvalue weighted by molar-refractivity contribution is 0.197. The number of benzene rings is 1. The molecule has 1 aliphatic carbocycles. The number of hydrogen-bond acceptors (Lipinski definition) is 3. The number of likely N-dealkylation sites (N-methyl/N-ethyl adjacent to an activating group) is 1. The fraction of sp³-hybridized carbons (Fsp3) is 0.650. The van der Waals surface area contributed by atoms with Crippen LogP contribution in [0.15, 0.2) is 23.2 Å². The predicted molar refractivity (Wildman–Crippen MR) is 120 cm³/mol. The number of guanidine groups is 1. The summed E-state index contributed by atoms with van der Waals surface area (Å²) < 4.78 is 28.4. The minimum Gasteiger partial charge on any atom is -0.354 e. The zero-order valence-electron chi connectivity index (χ0n) is 16.9. The van der Waals surface area contributed by atoms with Crippen LogP contribution in [0.2, 0.25) is 0 Å². The van der Waals surface area contributed by atoms with Gasteiger partial charge >= 0.3 is 0 Å². The van der Waals surface area contributed by atoms with Crippen molar-refractivity contribution in [3.05, 3.63) is 35.4 Å². The molecule has 1 atom stereocenters. The summed E-state index contributed by atoms with van der Waals surface area (Å²) in [5, 5.41) is 6.71. The topological polar surface area (TPSA) is 42.9 Å². The summed E-state index contributed by atoms with van der Waals surface area (Å²) in [6.07, 6.45) is 4.88. The summed E-state index contributed by atoms with van der Waals surface area (Å²) in [6.45, 7) is 2.62. The first-order valence-electron chi connectivity index (χ1n) is 9.81. The molecule has 3 rings (SSSR count). The summed E-state index contributed by atoms with van der Waals surface area (Å²) in [5.41, 5.74) is 0.0863. The molecular weight excluding hydrogens is 475 g/mol. The fourth-order valence-corrected chi connectivity index (χ4v) is 3.80. The highest BCUT2D eigenvalue weighted by Crippen LogP contribution is 2.29. The molecule has 1 saturated heterocycles. The number of hydrogen-bond donors (Lipinski definition) is 2. The Morgan fingerprint density at radius 3 is 2.29 bits per heavy atom. The molecule has 0 bridgehead atoms. The van der Waals surface area contributed by atoms with Gasteiger partial charge in [-0.3, -0.25) is 4.99 Å². The highest BCUT2D eigenvalue weighted by Gasteiger charge is 2.32. The number of nitrogens with one attached hydrogen (secondary N) is 2. The Hall–Kier alpha value is -1.00. The van der Waals surface area contributed by atoms with E-state index in [0.29, 0.717) is 18.5 Å². The minimum absolute atomic E-state index is 0. The predicted octanol–water partition coefficient (Wildman–Crippen LogP) is 2.98. The Morgan fingerprint density at radius 2 is 1.79 bits per heavy atom. The van der Waals surface area contributed by atoms with Crippen LogP contribution in [-0.4, -0.2) is 68.6 Å². The van der Waals surface area contributed by atoms with Crippen LogP contribution in [0.4, 0.5) is 8.78 Å². The van der Waals surface area contributed by atoms with E-state index in [9.17, 15) is 8.78 Å². The van der Waals surface area contributed by atoms with Crippen LogP contribution >= 0.6 is 24.0 Å². The molecule has 158 valence electrons. The Kier molecular flexibility index (Phi) is 8.88. The van der Waals surface area contributed by atoms with Crippen molar-refractivity contribution < 1.29 is 8.78 Å². The first kappa shape index (κ1) is 23.3. The van der Waals surface area contributed by atoms with Crippen molar-refractivity contribution in [2.24, 2.45) is 4.99 Å². The van der Waals surface area contributed by atoms with E-state index in [-0.39, 0.29) is 29.5 Å². The maximum atomic E-state index is 14.2. The fourth-order valence-electron chi connectivity index (χ4n) is 3.80. The molecule has 0 aromatic heterocycles. The molecule has 1 aliphatic heterocycles. The van der Waals surface area contributed by atoms with Crippen LogP contribution < -0.4 is 10.6 Å². The van der Waals surface area contributed by atoms with Gasteiger partial charge in [-0.1, -0.05) is 6.07 Å². The highest BCUT2D eigenvalue weighted by molar-refractivity contribution is 14.0. The third-order valence-electron chi connectivity index (χ3n) is 5.58. The van der Waals surface area contributed by atoms with Crippen molar-refractivity contribution in [3.63, 3.8) is 0 Å². The van der Waals surface area contributed by atoms with Gasteiger partial charge in [0.1, 0.15) is 11.6 Å². The normalized spacial score (nSPS) is 20.0. The van der Waals surface area contributed by atoms with E-state index in [2.05, 4.69) is 20.5 Å². The van der Waals surface area contributed by atoms with Crippen molar-refractivity contribution >= 4 is 29.9 Å². The van der Waals surface area contributed by atoms with E-state index in [1.165, 1.54) is 31.0 Å². The summed E-state index contributed by atoms with van der Waals surface area (Å²) in [4.78, 5) is 8.69. The molecule has 1 heterocycles. The minimum atomic E-state index is -0.522. The summed E-state index contributed by atoms with van der Waals surface area (Å²) >= 11 is 0. The van der Waals surface area contributed by atoms with Crippen LogP contribution in [0.25, 0.3) is 0 Å². The van der Waals surface area contributed by atoms with Crippen molar-refractivity contribution in [1.29, 1.82) is 0 Å². The van der Waals surface area contributed by atoms with Crippen molar-refractivity contribution in [3.8, 4) is 0 Å². The van der Waals surface area contributed by atoms with E-state index in [1.807, 2.05) is 19.0 Å². The SMILES string of the molecule is CN=C(NCC(c1c(F)cccc1F)N(C)C)NC1CCN(C2CC2)CC1.I. The Bertz CT molecular complexity index is 638. The van der Waals surface area contributed by atoms with Gasteiger partial charge in [-0.2, -0.15) is 0 Å². The Labute approximate surface area is 184 Å². The van der Waals surface area contributed by atoms with Gasteiger partial charge in [-0.15, -0.1) is 24.0 Å². The lowest BCUT2D eigenvalue weighted by Crippen LogP contribution is -2.50. The molecule has 2 fully saturated rings. The number of nitrogens with zero attached hydrogens (tertiary/aromatic N) is 3. The number of rotatable bonds is 6. The number of piperidine rings is 1. The molecule has 0 amide bonds. The van der Waals surface area contributed by atoms with Crippen LogP contribution in [0, 0.1) is 11.6 Å². The van der Waals surface area contributed by atoms with E-state index in [0.717, 1.165) is 32.0 Å². The monoisotopic (exact) mass is 507 g/mol. The van der Waals surface area contributed by atoms with Crippen LogP contribution in [-0.2, 0) is 0 Å². The standard InChI is InChI=1S/C20H31F2N5.HI/c1-23-20(25-14-9-11-27(12-10-14)15-7-8-15)24-13-18(26(2)3)19-16(21)5-4-6-17(19)22;/h4-6,14-15,18H,7-13H2,1-3H3,(H2,23,24,25);1H. The molecule has 28 heavy (non-hydrogen) atoms. The average molecular weight is 507 g/mol. The largest absolute Gasteiger partial charge is 0.354 e. The maximum absolute atomic E-state index is 14.2. The number of aliphatic imine (C=N–C) groups is 1. The smallest absolute Gasteiger partial charge is 0.191 e. The second kappa shape index (κ2) is 10.7. The van der Waals surface area contributed by atoms with E-state index in [4.69, 9.17) is 0 Å². The van der Waals surface area contributed by atoms with E-state index in [1.54, 1.807) is 7.05 Å². The van der Waals surface area contributed by atoms with Gasteiger partial charge in [-0.25, -0.2) is 8.78 Å². The molecular formula is C20H32F2IN5. The highest BCUT2D eigenvalue weighted by atomic mass is 127. The van der Waals surface area contributed by atoms with E-state index < -0.39 is 17.7 Å². The zero-order valence-corrected chi connectivity index (χ0v) is 19.3. The summed E-state index contributed by atoms with van der Waals surface area (Å²) in [6, 6.07) is 4.77. The summed E-state index contributed by atoms with van der Waals surface area (Å²) in [5.74, 6) is -0.361. The molecule has 1 aromatic rings. The second-order valence-corrected chi connectivity index (χ2v) is 7.75. The first-order chi connectivity index (χ1) is 13.0. The third kappa shape index (κ3) is 6.00. The van der Waals surface area contributed by atoms with Crippen LogP contribution in [0.3, 0.4) is 0 Å². The van der Waals surface area contributed by atoms with Gasteiger partial charge in [0.05, 0.1) is 6.04 Å². The van der Waals surface area contributed by atoms with Gasteiger partial charge in [0.25, 0.3) is 0 Å². The van der Waals surface area contributed by atoms with E-state index >= 15 is 0 Å². The van der Waals surface area contributed by atoms with Crippen LogP contribution in [0.1, 0.15) is 37.3 Å². The third-order valence-corrected chi connectivity index (χ3v) is 5.58. The lowest BCUT2D eigenvalue weighted by atomic mass is 10.0.